The average Bonchev–Trinajstić information content (AvgIpc) is 2.64. The fourth-order valence-corrected chi connectivity index (χ4v) is 3.11. The highest BCUT2D eigenvalue weighted by Gasteiger charge is 2.22. The number of carbonyl (C=O) groups is 3. The fourth-order valence-electron chi connectivity index (χ4n) is 2.76. The van der Waals surface area contributed by atoms with Gasteiger partial charge in [-0.2, -0.15) is 0 Å². The zero-order valence-corrected chi connectivity index (χ0v) is 16.3. The van der Waals surface area contributed by atoms with Crippen LogP contribution in [0.25, 0.3) is 6.08 Å². The Balaban J connectivity index is 2.25. The maximum absolute atomic E-state index is 12.6. The highest BCUT2D eigenvalue weighted by Crippen LogP contribution is 2.28. The number of rotatable bonds is 6. The molecule has 0 unspecified atom stereocenters. The first kappa shape index (κ1) is 21.0. The van der Waals surface area contributed by atoms with Gasteiger partial charge >= 0.3 is 5.97 Å². The summed E-state index contributed by atoms with van der Waals surface area (Å²) >= 11 is 12.1. The van der Waals surface area contributed by atoms with Crippen LogP contribution >= 0.6 is 23.2 Å². The quantitative estimate of drug-likeness (QED) is 0.550. The lowest BCUT2D eigenvalue weighted by Gasteiger charge is -2.18. The molecule has 3 N–H and O–H groups in total. The van der Waals surface area contributed by atoms with Gasteiger partial charge < -0.3 is 15.8 Å². The lowest BCUT2D eigenvalue weighted by molar-refractivity contribution is -0.137. The van der Waals surface area contributed by atoms with E-state index < -0.39 is 11.9 Å². The summed E-state index contributed by atoms with van der Waals surface area (Å²) in [4.78, 5) is 35.8. The number of benzene rings is 1. The van der Waals surface area contributed by atoms with Gasteiger partial charge in [-0.1, -0.05) is 23.2 Å². The van der Waals surface area contributed by atoms with Crippen LogP contribution in [0, 0.1) is 0 Å². The summed E-state index contributed by atoms with van der Waals surface area (Å²) in [6.07, 6.45) is 4.02. The molecule has 0 spiro atoms. The number of halogens is 2. The number of nitrogens with one attached hydrogen (secondary N) is 1. The first-order chi connectivity index (χ1) is 12.8. The molecule has 1 aliphatic carbocycles. The molecule has 0 bridgehead atoms. The second kappa shape index (κ2) is 9.58. The van der Waals surface area contributed by atoms with E-state index in [4.69, 9.17) is 33.7 Å². The van der Waals surface area contributed by atoms with Crippen molar-refractivity contribution in [1.29, 1.82) is 0 Å². The van der Waals surface area contributed by atoms with Gasteiger partial charge in [-0.3, -0.25) is 9.59 Å². The van der Waals surface area contributed by atoms with Gasteiger partial charge in [0, 0.05) is 21.9 Å². The standard InChI is InChI=1S/C19H20Cl2N2O4/c1-2-27-19(26)16(21)10-11-9-12(7-8-15(11)20)23-18(25)14-6-4-3-5-13(14)17(22)24/h7-10H,2-6H2,1H3,(H2,22,24)(H,23,25). The van der Waals surface area contributed by atoms with E-state index in [1.807, 2.05) is 0 Å². The average molecular weight is 411 g/mol. The molecular formula is C19H20Cl2N2O4. The van der Waals surface area contributed by atoms with Crippen molar-refractivity contribution >= 4 is 52.7 Å². The summed E-state index contributed by atoms with van der Waals surface area (Å²) in [6, 6.07) is 4.76. The molecule has 0 fully saturated rings. The molecule has 1 aromatic rings. The molecule has 1 aliphatic rings. The Kier molecular flexibility index (Phi) is 7.45. The molecule has 0 radical (unpaired) electrons. The summed E-state index contributed by atoms with van der Waals surface area (Å²) in [5.74, 6) is -1.61. The molecule has 0 saturated carbocycles. The number of nitrogens with two attached hydrogens (primary N) is 1. The van der Waals surface area contributed by atoms with Gasteiger partial charge in [0.25, 0.3) is 5.91 Å². The Morgan fingerprint density at radius 1 is 1.22 bits per heavy atom. The minimum Gasteiger partial charge on any atom is -0.462 e. The summed E-state index contributed by atoms with van der Waals surface area (Å²) < 4.78 is 4.82. The Morgan fingerprint density at radius 3 is 2.52 bits per heavy atom. The highest BCUT2D eigenvalue weighted by molar-refractivity contribution is 6.43. The van der Waals surface area contributed by atoms with Crippen LogP contribution in [0.1, 0.15) is 38.2 Å². The Morgan fingerprint density at radius 2 is 1.89 bits per heavy atom. The molecule has 2 amide bonds. The Hall–Kier alpha value is -2.31. The SMILES string of the molecule is CCOC(=O)C(Cl)=Cc1cc(NC(=O)C2=C(C(N)=O)CCCC2)ccc1Cl. The number of ether oxygens (including phenoxy) is 1. The van der Waals surface area contributed by atoms with Crippen LogP contribution in [-0.4, -0.2) is 24.4 Å². The lowest BCUT2D eigenvalue weighted by atomic mass is 9.90. The van der Waals surface area contributed by atoms with E-state index >= 15 is 0 Å². The van der Waals surface area contributed by atoms with Gasteiger partial charge in [0.15, 0.2) is 0 Å². The molecule has 0 aliphatic heterocycles. The third-order valence-electron chi connectivity index (χ3n) is 4.05. The molecule has 0 aromatic heterocycles. The molecule has 1 aromatic carbocycles. The second-order valence-corrected chi connectivity index (χ2v) is 6.75. The molecular weight excluding hydrogens is 391 g/mol. The molecule has 27 heavy (non-hydrogen) atoms. The normalized spacial score (nSPS) is 14.7. The van der Waals surface area contributed by atoms with E-state index in [0.717, 1.165) is 12.8 Å². The summed E-state index contributed by atoms with van der Waals surface area (Å²) in [6.45, 7) is 1.87. The molecule has 0 saturated heterocycles. The molecule has 8 heteroatoms. The number of primary amides is 1. The van der Waals surface area contributed by atoms with E-state index in [9.17, 15) is 14.4 Å². The topological polar surface area (TPSA) is 98.5 Å². The van der Waals surface area contributed by atoms with Crippen molar-refractivity contribution < 1.29 is 19.1 Å². The second-order valence-electron chi connectivity index (χ2n) is 5.93. The van der Waals surface area contributed by atoms with E-state index in [-0.39, 0.29) is 17.5 Å². The van der Waals surface area contributed by atoms with Gasteiger partial charge in [0.2, 0.25) is 5.91 Å². The molecule has 144 valence electrons. The van der Waals surface area contributed by atoms with Crippen molar-refractivity contribution in [3.8, 4) is 0 Å². The Labute approximate surface area is 167 Å². The van der Waals surface area contributed by atoms with Crippen LogP contribution < -0.4 is 11.1 Å². The lowest BCUT2D eigenvalue weighted by Crippen LogP contribution is -2.24. The van der Waals surface area contributed by atoms with E-state index in [1.165, 1.54) is 6.08 Å². The largest absolute Gasteiger partial charge is 0.462 e. The van der Waals surface area contributed by atoms with E-state index in [1.54, 1.807) is 25.1 Å². The third-order valence-corrected chi connectivity index (χ3v) is 4.65. The van der Waals surface area contributed by atoms with Crippen LogP contribution in [0.4, 0.5) is 5.69 Å². The first-order valence-corrected chi connectivity index (χ1v) is 9.26. The van der Waals surface area contributed by atoms with Crippen LogP contribution in [0.15, 0.2) is 34.4 Å². The predicted molar refractivity (Wildman–Crippen MR) is 105 cm³/mol. The summed E-state index contributed by atoms with van der Waals surface area (Å²) in [7, 11) is 0. The number of hydrogen-bond acceptors (Lipinski definition) is 4. The predicted octanol–water partition coefficient (Wildman–Crippen LogP) is 3.78. The van der Waals surface area contributed by atoms with Gasteiger partial charge in [0.1, 0.15) is 5.03 Å². The number of amides is 2. The monoisotopic (exact) mass is 410 g/mol. The van der Waals surface area contributed by atoms with Gasteiger partial charge in [-0.15, -0.1) is 0 Å². The minimum atomic E-state index is -0.664. The van der Waals surface area contributed by atoms with Crippen LogP contribution in [0.5, 0.6) is 0 Å². The third kappa shape index (κ3) is 5.58. The Bertz CT molecular complexity index is 831. The fraction of sp³-hybridized carbons (Fsp3) is 0.316. The van der Waals surface area contributed by atoms with Gasteiger partial charge in [-0.05, 0) is 62.4 Å². The maximum Gasteiger partial charge on any atom is 0.349 e. The maximum atomic E-state index is 12.6. The zero-order chi connectivity index (χ0) is 20.0. The number of hydrogen-bond donors (Lipinski definition) is 2. The van der Waals surface area contributed by atoms with E-state index in [2.05, 4.69) is 5.32 Å². The van der Waals surface area contributed by atoms with Crippen molar-refractivity contribution in [2.45, 2.75) is 32.6 Å². The van der Waals surface area contributed by atoms with Crippen LogP contribution in [0.2, 0.25) is 5.02 Å². The summed E-state index contributed by atoms with van der Waals surface area (Å²) in [5.41, 5.74) is 7.06. The van der Waals surface area contributed by atoms with Crippen molar-refractivity contribution in [3.63, 3.8) is 0 Å². The highest BCUT2D eigenvalue weighted by atomic mass is 35.5. The van der Waals surface area contributed by atoms with Gasteiger partial charge in [-0.25, -0.2) is 4.79 Å². The number of anilines is 1. The van der Waals surface area contributed by atoms with Crippen LogP contribution in [0.3, 0.4) is 0 Å². The number of carbonyl (C=O) groups excluding carboxylic acids is 3. The number of esters is 1. The summed E-state index contributed by atoms with van der Waals surface area (Å²) in [5, 5.41) is 2.96. The van der Waals surface area contributed by atoms with E-state index in [0.29, 0.717) is 40.3 Å². The van der Waals surface area contributed by atoms with Crippen molar-refractivity contribution in [2.24, 2.45) is 5.73 Å². The molecule has 6 nitrogen and oxygen atoms in total. The molecule has 0 atom stereocenters. The molecule has 0 heterocycles. The van der Waals surface area contributed by atoms with Crippen molar-refractivity contribution in [2.75, 3.05) is 11.9 Å². The smallest absolute Gasteiger partial charge is 0.349 e. The van der Waals surface area contributed by atoms with Crippen molar-refractivity contribution in [3.05, 3.63) is 45.0 Å². The van der Waals surface area contributed by atoms with Gasteiger partial charge in [0.05, 0.1) is 6.61 Å². The zero-order valence-electron chi connectivity index (χ0n) is 14.8. The van der Waals surface area contributed by atoms with Crippen LogP contribution in [-0.2, 0) is 19.1 Å². The molecule has 2 rings (SSSR count). The minimum absolute atomic E-state index is 0.131. The van der Waals surface area contributed by atoms with Crippen molar-refractivity contribution in [1.82, 2.24) is 0 Å². The first-order valence-electron chi connectivity index (χ1n) is 8.50.